The summed E-state index contributed by atoms with van der Waals surface area (Å²) in [4.78, 5) is 26.2. The Kier molecular flexibility index (Phi) is 10.1. The van der Waals surface area contributed by atoms with Gasteiger partial charge in [-0.3, -0.25) is 9.59 Å². The molecule has 0 aliphatic rings. The number of carbonyl (C=O) groups excluding carboxylic acids is 2. The van der Waals surface area contributed by atoms with E-state index in [-0.39, 0.29) is 17.9 Å². The number of ether oxygens (including phenoxy) is 1. The van der Waals surface area contributed by atoms with Crippen LogP contribution in [0.15, 0.2) is 84.9 Å². The van der Waals surface area contributed by atoms with Gasteiger partial charge in [0.25, 0.3) is 0 Å². The Hall–Kier alpha value is -3.44. The van der Waals surface area contributed by atoms with Crippen molar-refractivity contribution in [2.24, 2.45) is 5.92 Å². The Morgan fingerprint density at radius 3 is 2.00 bits per heavy atom. The van der Waals surface area contributed by atoms with Crippen molar-refractivity contribution in [3.05, 3.63) is 96.1 Å². The van der Waals surface area contributed by atoms with Gasteiger partial charge in [0.15, 0.2) is 0 Å². The van der Waals surface area contributed by atoms with E-state index in [0.717, 1.165) is 28.7 Å². The summed E-state index contributed by atoms with van der Waals surface area (Å²) in [6, 6.07) is 26.9. The van der Waals surface area contributed by atoms with E-state index < -0.39 is 6.04 Å². The van der Waals surface area contributed by atoms with E-state index in [0.29, 0.717) is 25.4 Å². The van der Waals surface area contributed by atoms with Crippen LogP contribution in [-0.4, -0.2) is 31.6 Å². The fraction of sp³-hybridized carbons (Fsp3) is 0.333. The summed E-state index contributed by atoms with van der Waals surface area (Å²) in [5.41, 5.74) is 4.01. The average Bonchev–Trinajstić information content (AvgIpc) is 2.87. The molecule has 0 bridgehead atoms. The largest absolute Gasteiger partial charge is 0.383 e. The maximum absolute atomic E-state index is 13.5. The number of hydrogen-bond donors (Lipinski definition) is 2. The highest BCUT2D eigenvalue weighted by atomic mass is 16.5. The number of rotatable bonds is 12. The standard InChI is InChI=1S/C30H36N2O3/c1-22(2)14-19-28(33)32-29(26-17-15-25(16-18-26)24-12-8-5-9-13-24)30(34)31-27(21-35-3)20-23-10-6-4-7-11-23/h4-13,15-18,22,27,29H,14,19-21H2,1-3H3,(H,31,34)(H,32,33)/t27-,29+/m0/s1. The first-order valence-electron chi connectivity index (χ1n) is 12.2. The molecule has 0 heterocycles. The van der Waals surface area contributed by atoms with E-state index in [2.05, 4.69) is 24.5 Å². The van der Waals surface area contributed by atoms with Crippen LogP contribution in [0.25, 0.3) is 11.1 Å². The lowest BCUT2D eigenvalue weighted by Crippen LogP contribution is -2.46. The van der Waals surface area contributed by atoms with Crippen molar-refractivity contribution in [1.82, 2.24) is 10.6 Å². The smallest absolute Gasteiger partial charge is 0.247 e. The molecule has 0 spiro atoms. The van der Waals surface area contributed by atoms with Crippen molar-refractivity contribution in [3.8, 4) is 11.1 Å². The summed E-state index contributed by atoms with van der Waals surface area (Å²) in [6.45, 7) is 4.54. The quantitative estimate of drug-likeness (QED) is 0.375. The van der Waals surface area contributed by atoms with Crippen LogP contribution in [0.5, 0.6) is 0 Å². The molecule has 0 unspecified atom stereocenters. The summed E-state index contributed by atoms with van der Waals surface area (Å²) < 4.78 is 5.37. The van der Waals surface area contributed by atoms with Gasteiger partial charge in [0.05, 0.1) is 12.6 Å². The van der Waals surface area contributed by atoms with Crippen LogP contribution in [0.2, 0.25) is 0 Å². The van der Waals surface area contributed by atoms with E-state index in [1.807, 2.05) is 84.9 Å². The summed E-state index contributed by atoms with van der Waals surface area (Å²) in [7, 11) is 1.62. The molecule has 0 aliphatic heterocycles. The van der Waals surface area contributed by atoms with E-state index in [4.69, 9.17) is 4.74 Å². The van der Waals surface area contributed by atoms with Crippen LogP contribution in [0.3, 0.4) is 0 Å². The Bertz CT molecular complexity index is 1050. The Labute approximate surface area is 208 Å². The van der Waals surface area contributed by atoms with Crippen molar-refractivity contribution in [2.45, 2.75) is 45.2 Å². The number of benzene rings is 3. The first-order valence-corrected chi connectivity index (χ1v) is 12.2. The third kappa shape index (κ3) is 8.37. The molecule has 2 amide bonds. The lowest BCUT2D eigenvalue weighted by Gasteiger charge is -2.24. The van der Waals surface area contributed by atoms with Gasteiger partial charge in [-0.05, 0) is 41.0 Å². The number of nitrogens with one attached hydrogen (secondary N) is 2. The van der Waals surface area contributed by atoms with Crippen LogP contribution in [0.4, 0.5) is 0 Å². The average molecular weight is 473 g/mol. The molecule has 0 fully saturated rings. The molecule has 0 radical (unpaired) electrons. The van der Waals surface area contributed by atoms with Crippen molar-refractivity contribution >= 4 is 11.8 Å². The first kappa shape index (κ1) is 26.2. The molecule has 184 valence electrons. The van der Waals surface area contributed by atoms with Gasteiger partial charge in [0.2, 0.25) is 11.8 Å². The van der Waals surface area contributed by atoms with Crippen LogP contribution in [-0.2, 0) is 20.7 Å². The van der Waals surface area contributed by atoms with Crippen molar-refractivity contribution in [2.75, 3.05) is 13.7 Å². The fourth-order valence-electron chi connectivity index (χ4n) is 3.99. The minimum atomic E-state index is -0.783. The van der Waals surface area contributed by atoms with Gasteiger partial charge < -0.3 is 15.4 Å². The van der Waals surface area contributed by atoms with Crippen molar-refractivity contribution < 1.29 is 14.3 Å². The second kappa shape index (κ2) is 13.4. The zero-order valence-corrected chi connectivity index (χ0v) is 20.9. The van der Waals surface area contributed by atoms with Crippen LogP contribution in [0, 0.1) is 5.92 Å². The van der Waals surface area contributed by atoms with Crippen molar-refractivity contribution in [1.29, 1.82) is 0 Å². The van der Waals surface area contributed by atoms with Gasteiger partial charge in [0.1, 0.15) is 6.04 Å². The molecule has 2 N–H and O–H groups in total. The zero-order valence-electron chi connectivity index (χ0n) is 20.9. The lowest BCUT2D eigenvalue weighted by atomic mass is 9.99. The number of hydrogen-bond acceptors (Lipinski definition) is 3. The highest BCUT2D eigenvalue weighted by Crippen LogP contribution is 2.23. The molecule has 35 heavy (non-hydrogen) atoms. The summed E-state index contributed by atoms with van der Waals surface area (Å²) in [6.07, 6.45) is 1.80. The van der Waals surface area contributed by atoms with Gasteiger partial charge in [-0.15, -0.1) is 0 Å². The van der Waals surface area contributed by atoms with E-state index in [1.165, 1.54) is 0 Å². The molecule has 0 aliphatic carbocycles. The molecular weight excluding hydrogens is 436 g/mol. The second-order valence-electron chi connectivity index (χ2n) is 9.27. The molecule has 2 atom stereocenters. The Morgan fingerprint density at radius 2 is 1.40 bits per heavy atom. The van der Waals surface area contributed by atoms with Crippen LogP contribution >= 0.6 is 0 Å². The zero-order chi connectivity index (χ0) is 25.0. The van der Waals surface area contributed by atoms with Gasteiger partial charge in [-0.1, -0.05) is 98.8 Å². The topological polar surface area (TPSA) is 67.4 Å². The van der Waals surface area contributed by atoms with Gasteiger partial charge in [-0.2, -0.15) is 0 Å². The molecule has 0 aromatic heterocycles. The summed E-state index contributed by atoms with van der Waals surface area (Å²) in [5, 5.41) is 6.07. The highest BCUT2D eigenvalue weighted by Gasteiger charge is 2.25. The molecule has 5 nitrogen and oxygen atoms in total. The minimum absolute atomic E-state index is 0.127. The van der Waals surface area contributed by atoms with Gasteiger partial charge in [0, 0.05) is 13.5 Å². The van der Waals surface area contributed by atoms with E-state index in [9.17, 15) is 9.59 Å². The number of amides is 2. The second-order valence-corrected chi connectivity index (χ2v) is 9.27. The normalized spacial score (nSPS) is 12.7. The third-order valence-corrected chi connectivity index (χ3v) is 5.91. The predicted octanol–water partition coefficient (Wildman–Crippen LogP) is 5.32. The predicted molar refractivity (Wildman–Crippen MR) is 141 cm³/mol. The Morgan fingerprint density at radius 1 is 0.800 bits per heavy atom. The summed E-state index contributed by atoms with van der Waals surface area (Å²) in [5.74, 6) is 0.0424. The molecule has 3 rings (SSSR count). The number of methoxy groups -OCH3 is 1. The minimum Gasteiger partial charge on any atom is -0.383 e. The number of carbonyl (C=O) groups is 2. The van der Waals surface area contributed by atoms with Gasteiger partial charge >= 0.3 is 0 Å². The Balaban J connectivity index is 1.79. The molecule has 0 saturated carbocycles. The van der Waals surface area contributed by atoms with Crippen LogP contribution in [0.1, 0.15) is 43.9 Å². The third-order valence-electron chi connectivity index (χ3n) is 5.91. The molecule has 0 saturated heterocycles. The fourth-order valence-corrected chi connectivity index (χ4v) is 3.99. The SMILES string of the molecule is COC[C@H](Cc1ccccc1)NC(=O)[C@H](NC(=O)CCC(C)C)c1ccc(-c2ccccc2)cc1. The lowest BCUT2D eigenvalue weighted by molar-refractivity contribution is -0.130. The maximum Gasteiger partial charge on any atom is 0.247 e. The molecular formula is C30H36N2O3. The van der Waals surface area contributed by atoms with Crippen molar-refractivity contribution in [3.63, 3.8) is 0 Å². The van der Waals surface area contributed by atoms with E-state index in [1.54, 1.807) is 7.11 Å². The molecule has 5 heteroatoms. The maximum atomic E-state index is 13.5. The van der Waals surface area contributed by atoms with E-state index >= 15 is 0 Å². The first-order chi connectivity index (χ1) is 17.0. The monoisotopic (exact) mass is 472 g/mol. The highest BCUT2D eigenvalue weighted by molar-refractivity contribution is 5.89. The van der Waals surface area contributed by atoms with Gasteiger partial charge in [-0.25, -0.2) is 0 Å². The van der Waals surface area contributed by atoms with Crippen LogP contribution < -0.4 is 10.6 Å². The molecule has 3 aromatic carbocycles. The summed E-state index contributed by atoms with van der Waals surface area (Å²) >= 11 is 0. The molecule has 3 aromatic rings.